The summed E-state index contributed by atoms with van der Waals surface area (Å²) in [7, 11) is 0. The highest BCUT2D eigenvalue weighted by atomic mass is 19.4. The molecular weight excluding hydrogens is 283 g/mol. The highest BCUT2D eigenvalue weighted by Crippen LogP contribution is 2.34. The van der Waals surface area contributed by atoms with Gasteiger partial charge in [0.1, 0.15) is 11.6 Å². The lowest BCUT2D eigenvalue weighted by Crippen LogP contribution is -2.06. The maximum absolute atomic E-state index is 12.8. The van der Waals surface area contributed by atoms with E-state index < -0.39 is 11.7 Å². The van der Waals surface area contributed by atoms with Crippen molar-refractivity contribution in [2.24, 2.45) is 0 Å². The van der Waals surface area contributed by atoms with Crippen LogP contribution in [0.1, 0.15) is 5.56 Å². The largest absolute Gasteiger partial charge is 0.416 e. The molecule has 0 atom stereocenters. The van der Waals surface area contributed by atoms with Crippen LogP contribution in [0.4, 0.5) is 24.7 Å². The maximum atomic E-state index is 12.8. The summed E-state index contributed by atoms with van der Waals surface area (Å²) in [4.78, 5) is 11.0. The lowest BCUT2D eigenvalue weighted by atomic mass is 10.1. The second-order valence-electron chi connectivity index (χ2n) is 4.49. The molecule has 0 aliphatic rings. The van der Waals surface area contributed by atoms with Gasteiger partial charge in [-0.1, -0.05) is 0 Å². The summed E-state index contributed by atoms with van der Waals surface area (Å²) in [6.07, 6.45) is -4.45. The molecule has 0 aliphatic carbocycles. The molecule has 21 heavy (non-hydrogen) atoms. The van der Waals surface area contributed by atoms with Gasteiger partial charge in [-0.2, -0.15) is 13.2 Å². The molecule has 3 aromatic rings. The van der Waals surface area contributed by atoms with E-state index in [-0.39, 0.29) is 22.9 Å². The van der Waals surface area contributed by atoms with Crippen molar-refractivity contribution in [3.63, 3.8) is 0 Å². The van der Waals surface area contributed by atoms with Gasteiger partial charge in [0.15, 0.2) is 5.65 Å². The van der Waals surface area contributed by atoms with Crippen LogP contribution in [0.3, 0.4) is 0 Å². The molecule has 0 saturated carbocycles. The number of pyridine rings is 1. The van der Waals surface area contributed by atoms with Gasteiger partial charge in [-0.05, 0) is 30.3 Å². The van der Waals surface area contributed by atoms with Crippen molar-refractivity contribution in [1.29, 1.82) is 0 Å². The molecule has 0 aliphatic heterocycles. The van der Waals surface area contributed by atoms with Gasteiger partial charge in [0, 0.05) is 11.3 Å². The zero-order chi connectivity index (χ0) is 15.2. The number of fused-ring (bicyclic) bond motifs is 1. The predicted octanol–water partition coefficient (Wildman–Crippen LogP) is 2.81. The number of aromatic amines is 1. The molecular formula is C13H10F3N5. The average Bonchev–Trinajstić information content (AvgIpc) is 2.80. The molecule has 0 fully saturated rings. The Morgan fingerprint density at radius 3 is 2.48 bits per heavy atom. The van der Waals surface area contributed by atoms with Crippen LogP contribution in [-0.4, -0.2) is 15.0 Å². The molecule has 0 spiro atoms. The number of nitrogens with two attached hydrogens (primary N) is 2. The molecule has 8 heteroatoms. The lowest BCUT2D eigenvalue weighted by Gasteiger charge is -2.09. The molecule has 0 saturated heterocycles. The van der Waals surface area contributed by atoms with E-state index in [9.17, 15) is 13.2 Å². The van der Waals surface area contributed by atoms with Crippen molar-refractivity contribution < 1.29 is 13.2 Å². The van der Waals surface area contributed by atoms with Crippen LogP contribution in [0, 0.1) is 0 Å². The number of nitrogens with one attached hydrogen (secondary N) is 1. The Kier molecular flexibility index (Phi) is 2.75. The quantitative estimate of drug-likeness (QED) is 0.601. The third-order valence-corrected chi connectivity index (χ3v) is 3.00. The molecule has 2 heterocycles. The Balaban J connectivity index is 2.17. The van der Waals surface area contributed by atoms with Crippen molar-refractivity contribution in [2.75, 3.05) is 11.5 Å². The molecule has 5 nitrogen and oxygen atoms in total. The van der Waals surface area contributed by atoms with Gasteiger partial charge in [0.05, 0.1) is 11.1 Å². The standard InChI is InChI=1S/C13H10F3N5/c14-13(15,16)6-1-2-8(17)7(5-6)11-19-9-3-4-10(18)20-12(9)21-11/h1-5H,17H2,(H3,18,19,20,21). The first-order valence-electron chi connectivity index (χ1n) is 5.94. The highest BCUT2D eigenvalue weighted by Gasteiger charge is 2.31. The second-order valence-corrected chi connectivity index (χ2v) is 4.49. The van der Waals surface area contributed by atoms with Gasteiger partial charge >= 0.3 is 6.18 Å². The minimum atomic E-state index is -4.45. The third kappa shape index (κ3) is 2.35. The van der Waals surface area contributed by atoms with Crippen LogP contribution in [0.2, 0.25) is 0 Å². The highest BCUT2D eigenvalue weighted by molar-refractivity contribution is 5.81. The van der Waals surface area contributed by atoms with Gasteiger partial charge in [-0.15, -0.1) is 0 Å². The molecule has 1 aromatic carbocycles. The van der Waals surface area contributed by atoms with Gasteiger partial charge in [0.2, 0.25) is 0 Å². The zero-order valence-electron chi connectivity index (χ0n) is 10.6. The van der Waals surface area contributed by atoms with Gasteiger partial charge in [-0.3, -0.25) is 0 Å². The number of benzene rings is 1. The molecule has 0 amide bonds. The van der Waals surface area contributed by atoms with E-state index in [1.165, 1.54) is 6.07 Å². The number of hydrogen-bond donors (Lipinski definition) is 3. The second kappa shape index (κ2) is 4.37. The van der Waals surface area contributed by atoms with Crippen LogP contribution in [0.5, 0.6) is 0 Å². The summed E-state index contributed by atoms with van der Waals surface area (Å²) in [6.45, 7) is 0. The number of aromatic nitrogens is 3. The summed E-state index contributed by atoms with van der Waals surface area (Å²) in [5.74, 6) is 0.490. The fraction of sp³-hybridized carbons (Fsp3) is 0.0769. The van der Waals surface area contributed by atoms with E-state index in [2.05, 4.69) is 15.0 Å². The van der Waals surface area contributed by atoms with Crippen molar-refractivity contribution in [2.45, 2.75) is 6.18 Å². The number of imidazole rings is 1. The number of halogens is 3. The van der Waals surface area contributed by atoms with Crippen LogP contribution >= 0.6 is 0 Å². The minimum absolute atomic E-state index is 0.168. The van der Waals surface area contributed by atoms with Gasteiger partial charge < -0.3 is 16.5 Å². The summed E-state index contributed by atoms with van der Waals surface area (Å²) < 4.78 is 38.3. The number of H-pyrrole nitrogens is 1. The molecule has 0 unspecified atom stereocenters. The van der Waals surface area contributed by atoms with E-state index in [4.69, 9.17) is 11.5 Å². The SMILES string of the molecule is Nc1ccc2[nH]c(-c3cc(C(F)(F)F)ccc3N)nc2n1. The number of nitrogens with zero attached hydrogens (tertiary/aromatic N) is 2. The first kappa shape index (κ1) is 13.2. The monoisotopic (exact) mass is 293 g/mol. The molecule has 5 N–H and O–H groups in total. The van der Waals surface area contributed by atoms with Crippen LogP contribution in [0.15, 0.2) is 30.3 Å². The topological polar surface area (TPSA) is 93.6 Å². The molecule has 3 rings (SSSR count). The first-order chi connectivity index (χ1) is 9.84. The van der Waals surface area contributed by atoms with E-state index >= 15 is 0 Å². The molecule has 0 radical (unpaired) electrons. The number of alkyl halides is 3. The molecule has 108 valence electrons. The maximum Gasteiger partial charge on any atom is 0.416 e. The Morgan fingerprint density at radius 1 is 1.00 bits per heavy atom. The summed E-state index contributed by atoms with van der Waals surface area (Å²) in [6, 6.07) is 6.30. The number of anilines is 2. The number of nitrogen functional groups attached to an aromatic ring is 2. The van der Waals surface area contributed by atoms with E-state index in [1.807, 2.05) is 0 Å². The van der Waals surface area contributed by atoms with Gasteiger partial charge in [-0.25, -0.2) is 9.97 Å². The van der Waals surface area contributed by atoms with Crippen LogP contribution in [0.25, 0.3) is 22.6 Å². The summed E-state index contributed by atoms with van der Waals surface area (Å²) >= 11 is 0. The van der Waals surface area contributed by atoms with Crippen LogP contribution < -0.4 is 11.5 Å². The lowest BCUT2D eigenvalue weighted by molar-refractivity contribution is -0.137. The fourth-order valence-corrected chi connectivity index (χ4v) is 1.97. The smallest absolute Gasteiger partial charge is 0.398 e. The van der Waals surface area contributed by atoms with Crippen molar-refractivity contribution in [1.82, 2.24) is 15.0 Å². The average molecular weight is 293 g/mol. The van der Waals surface area contributed by atoms with Crippen LogP contribution in [-0.2, 0) is 6.18 Å². The Hall–Kier alpha value is -2.77. The van der Waals surface area contributed by atoms with Crippen molar-refractivity contribution in [3.05, 3.63) is 35.9 Å². The van der Waals surface area contributed by atoms with E-state index in [1.54, 1.807) is 12.1 Å². The van der Waals surface area contributed by atoms with Gasteiger partial charge in [0.25, 0.3) is 0 Å². The Labute approximate surface area is 116 Å². The Bertz CT molecular complexity index is 822. The first-order valence-corrected chi connectivity index (χ1v) is 5.94. The van der Waals surface area contributed by atoms with E-state index in [0.29, 0.717) is 11.2 Å². The number of hydrogen-bond acceptors (Lipinski definition) is 4. The molecule has 2 aromatic heterocycles. The fourth-order valence-electron chi connectivity index (χ4n) is 1.97. The van der Waals surface area contributed by atoms with Crippen molar-refractivity contribution >= 4 is 22.7 Å². The van der Waals surface area contributed by atoms with E-state index in [0.717, 1.165) is 12.1 Å². The Morgan fingerprint density at radius 2 is 1.76 bits per heavy atom. The summed E-state index contributed by atoms with van der Waals surface area (Å²) in [5.41, 5.74) is 11.7. The van der Waals surface area contributed by atoms with Crippen molar-refractivity contribution in [3.8, 4) is 11.4 Å². The normalized spacial score (nSPS) is 12.0. The summed E-state index contributed by atoms with van der Waals surface area (Å²) in [5, 5.41) is 0. The number of rotatable bonds is 1. The zero-order valence-corrected chi connectivity index (χ0v) is 10.6. The molecule has 0 bridgehead atoms. The predicted molar refractivity (Wildman–Crippen MR) is 73.2 cm³/mol. The third-order valence-electron chi connectivity index (χ3n) is 3.00. The minimum Gasteiger partial charge on any atom is -0.398 e.